The summed E-state index contributed by atoms with van der Waals surface area (Å²) in [5, 5.41) is 5.36. The van der Waals surface area contributed by atoms with Gasteiger partial charge in [0.25, 0.3) is 0 Å². The van der Waals surface area contributed by atoms with E-state index in [-0.39, 0.29) is 43.6 Å². The van der Waals surface area contributed by atoms with Gasteiger partial charge < -0.3 is 15.4 Å². The number of thiophene rings is 1. The Morgan fingerprint density at radius 1 is 0.966 bits per heavy atom. The molecule has 0 bridgehead atoms. The van der Waals surface area contributed by atoms with Crippen molar-refractivity contribution >= 4 is 34.9 Å². The maximum Gasteiger partial charge on any atom is 0.308 e. The van der Waals surface area contributed by atoms with Crippen molar-refractivity contribution in [1.29, 1.82) is 0 Å². The second-order valence-electron chi connectivity index (χ2n) is 6.35. The molecule has 8 heteroatoms. The number of esters is 1. The van der Waals surface area contributed by atoms with Crippen molar-refractivity contribution in [1.82, 2.24) is 10.6 Å². The summed E-state index contributed by atoms with van der Waals surface area (Å²) in [5.74, 6) is -1.09. The van der Waals surface area contributed by atoms with Crippen LogP contribution in [0.1, 0.15) is 33.5 Å². The number of Topliss-reactive ketones (excluding diaryl/α,β-unsaturated/α-hetero) is 1. The summed E-state index contributed by atoms with van der Waals surface area (Å²) >= 11 is 1.32. The van der Waals surface area contributed by atoms with Crippen LogP contribution in [0.15, 0.2) is 42.5 Å². The summed E-state index contributed by atoms with van der Waals surface area (Å²) in [6.07, 6.45) is 0.886. The van der Waals surface area contributed by atoms with Crippen LogP contribution in [0.4, 0.5) is 0 Å². The van der Waals surface area contributed by atoms with E-state index in [9.17, 15) is 19.2 Å². The van der Waals surface area contributed by atoms with Gasteiger partial charge in [-0.1, -0.05) is 30.3 Å². The maximum absolute atomic E-state index is 12.1. The largest absolute Gasteiger partial charge is 0.457 e. The van der Waals surface area contributed by atoms with Gasteiger partial charge in [0.2, 0.25) is 17.6 Å². The molecule has 0 saturated heterocycles. The molecule has 0 aliphatic rings. The molecule has 0 radical (unpaired) electrons. The molecule has 0 saturated carbocycles. The summed E-state index contributed by atoms with van der Waals surface area (Å²) in [6.45, 7) is 1.79. The molecule has 0 unspecified atom stereocenters. The number of rotatable bonds is 11. The van der Waals surface area contributed by atoms with Crippen LogP contribution >= 0.6 is 11.3 Å². The average Bonchev–Trinajstić information content (AvgIpc) is 3.15. The Bertz CT molecular complexity index is 848. The van der Waals surface area contributed by atoms with Gasteiger partial charge in [0, 0.05) is 24.9 Å². The lowest BCUT2D eigenvalue weighted by molar-refractivity contribution is -0.142. The molecule has 1 aromatic heterocycles. The number of carbonyl (C=O) groups is 4. The average molecular weight is 416 g/mol. The molecule has 2 amide bonds. The fourth-order valence-electron chi connectivity index (χ4n) is 2.46. The molecule has 0 aliphatic heterocycles. The van der Waals surface area contributed by atoms with Crippen LogP contribution in [0.2, 0.25) is 0 Å². The van der Waals surface area contributed by atoms with Crippen LogP contribution in [0.5, 0.6) is 0 Å². The van der Waals surface area contributed by atoms with Crippen LogP contribution in [0, 0.1) is 0 Å². The summed E-state index contributed by atoms with van der Waals surface area (Å²) < 4.78 is 4.99. The van der Waals surface area contributed by atoms with Crippen LogP contribution < -0.4 is 10.6 Å². The van der Waals surface area contributed by atoms with Crippen molar-refractivity contribution in [2.24, 2.45) is 0 Å². The lowest BCUT2D eigenvalue weighted by Crippen LogP contribution is -2.28. The van der Waals surface area contributed by atoms with Gasteiger partial charge in [-0.3, -0.25) is 19.2 Å². The predicted octanol–water partition coefficient (Wildman–Crippen LogP) is 1.90. The summed E-state index contributed by atoms with van der Waals surface area (Å²) in [4.78, 5) is 48.0. The first kappa shape index (κ1) is 22.3. The number of ketones is 1. The first-order valence-corrected chi connectivity index (χ1v) is 10.1. The highest BCUT2D eigenvalue weighted by atomic mass is 32.1. The normalized spacial score (nSPS) is 10.2. The van der Waals surface area contributed by atoms with Gasteiger partial charge in [-0.25, -0.2) is 0 Å². The van der Waals surface area contributed by atoms with Crippen LogP contribution in [0.25, 0.3) is 0 Å². The van der Waals surface area contributed by atoms with Crippen LogP contribution in [-0.2, 0) is 32.0 Å². The van der Waals surface area contributed by atoms with E-state index in [1.54, 1.807) is 6.07 Å². The number of amides is 2. The number of benzene rings is 1. The standard InChI is InChI=1S/C21H24N2O5S/c1-15(24)22-11-9-17-7-8-19(29-17)18(25)14-28-21(27)10-12-23-20(26)13-16-5-3-2-4-6-16/h2-8H,9-14H2,1H3,(H,22,24)(H,23,26). The molecule has 0 atom stereocenters. The van der Waals surface area contributed by atoms with Crippen LogP contribution in [-0.4, -0.2) is 43.3 Å². The van der Waals surface area contributed by atoms with Gasteiger partial charge in [-0.15, -0.1) is 11.3 Å². The highest BCUT2D eigenvalue weighted by Crippen LogP contribution is 2.17. The lowest BCUT2D eigenvalue weighted by atomic mass is 10.1. The van der Waals surface area contributed by atoms with Crippen LogP contribution in [0.3, 0.4) is 0 Å². The Morgan fingerprint density at radius 2 is 1.72 bits per heavy atom. The highest BCUT2D eigenvalue weighted by molar-refractivity contribution is 7.14. The molecule has 2 N–H and O–H groups in total. The van der Waals surface area contributed by atoms with E-state index >= 15 is 0 Å². The fourth-order valence-corrected chi connectivity index (χ4v) is 3.39. The zero-order chi connectivity index (χ0) is 21.1. The SMILES string of the molecule is CC(=O)NCCc1ccc(C(=O)COC(=O)CCNC(=O)Cc2ccccc2)s1. The third-order valence-electron chi connectivity index (χ3n) is 3.90. The number of carbonyl (C=O) groups excluding carboxylic acids is 4. The van der Waals surface area contributed by atoms with Gasteiger partial charge in [-0.05, 0) is 24.1 Å². The zero-order valence-electron chi connectivity index (χ0n) is 16.2. The Balaban J connectivity index is 1.63. The number of hydrogen-bond donors (Lipinski definition) is 2. The van der Waals surface area contributed by atoms with Gasteiger partial charge in [0.15, 0.2) is 6.61 Å². The molecule has 0 spiro atoms. The minimum atomic E-state index is -0.541. The van der Waals surface area contributed by atoms with E-state index in [0.29, 0.717) is 17.8 Å². The van der Waals surface area contributed by atoms with Gasteiger partial charge in [0.1, 0.15) is 0 Å². The third-order valence-corrected chi connectivity index (χ3v) is 5.09. The van der Waals surface area contributed by atoms with Crippen molar-refractivity contribution in [3.05, 3.63) is 57.8 Å². The summed E-state index contributed by atoms with van der Waals surface area (Å²) in [6, 6.07) is 12.8. The Morgan fingerprint density at radius 3 is 2.45 bits per heavy atom. The number of ether oxygens (including phenoxy) is 1. The lowest BCUT2D eigenvalue weighted by Gasteiger charge is -2.06. The zero-order valence-corrected chi connectivity index (χ0v) is 17.1. The molecule has 1 aromatic carbocycles. The van der Waals surface area contributed by atoms with Crippen molar-refractivity contribution in [3.8, 4) is 0 Å². The maximum atomic E-state index is 12.1. The molecule has 2 aromatic rings. The van der Waals surface area contributed by atoms with E-state index in [0.717, 1.165) is 10.4 Å². The summed E-state index contributed by atoms with van der Waals surface area (Å²) in [7, 11) is 0. The van der Waals surface area contributed by atoms with E-state index in [1.165, 1.54) is 18.3 Å². The quantitative estimate of drug-likeness (QED) is 0.430. The smallest absolute Gasteiger partial charge is 0.308 e. The highest BCUT2D eigenvalue weighted by Gasteiger charge is 2.13. The minimum absolute atomic E-state index is 0.000214. The predicted molar refractivity (Wildman–Crippen MR) is 110 cm³/mol. The molecule has 29 heavy (non-hydrogen) atoms. The van der Waals surface area contributed by atoms with E-state index in [4.69, 9.17) is 4.74 Å². The molecule has 1 heterocycles. The topological polar surface area (TPSA) is 102 Å². The summed E-state index contributed by atoms with van der Waals surface area (Å²) in [5.41, 5.74) is 0.894. The van der Waals surface area contributed by atoms with Gasteiger partial charge >= 0.3 is 5.97 Å². The molecule has 0 aliphatic carbocycles. The second-order valence-corrected chi connectivity index (χ2v) is 7.51. The second kappa shape index (κ2) is 11.8. The Kier molecular flexibility index (Phi) is 9.04. The van der Waals surface area contributed by atoms with Crippen molar-refractivity contribution in [2.45, 2.75) is 26.2 Å². The molecule has 7 nitrogen and oxygen atoms in total. The first-order chi connectivity index (χ1) is 13.9. The minimum Gasteiger partial charge on any atom is -0.457 e. The molecule has 154 valence electrons. The number of hydrogen-bond acceptors (Lipinski definition) is 6. The molecule has 2 rings (SSSR count). The van der Waals surface area contributed by atoms with E-state index in [1.807, 2.05) is 36.4 Å². The fraction of sp³-hybridized carbons (Fsp3) is 0.333. The van der Waals surface area contributed by atoms with Gasteiger partial charge in [-0.2, -0.15) is 0 Å². The van der Waals surface area contributed by atoms with Crippen molar-refractivity contribution in [3.63, 3.8) is 0 Å². The third kappa shape index (κ3) is 8.69. The van der Waals surface area contributed by atoms with Gasteiger partial charge in [0.05, 0.1) is 17.7 Å². The monoisotopic (exact) mass is 416 g/mol. The van der Waals surface area contributed by atoms with Crippen molar-refractivity contribution in [2.75, 3.05) is 19.7 Å². The molecule has 0 fully saturated rings. The van der Waals surface area contributed by atoms with E-state index < -0.39 is 5.97 Å². The first-order valence-electron chi connectivity index (χ1n) is 9.26. The number of nitrogens with one attached hydrogen (secondary N) is 2. The molecular formula is C21H24N2O5S. The Labute approximate surface area is 173 Å². The van der Waals surface area contributed by atoms with E-state index in [2.05, 4.69) is 10.6 Å². The Hall–Kier alpha value is -3.00. The van der Waals surface area contributed by atoms with Crippen molar-refractivity contribution < 1.29 is 23.9 Å². The molecular weight excluding hydrogens is 392 g/mol.